The van der Waals surface area contributed by atoms with Crippen LogP contribution < -0.4 is 5.73 Å². The molecule has 3 heteroatoms. The van der Waals surface area contributed by atoms with E-state index in [1.165, 1.54) is 50.0 Å². The molecule has 1 rings (SSSR count). The normalized spacial score (nSPS) is 27.9. The summed E-state index contributed by atoms with van der Waals surface area (Å²) in [7, 11) is 0. The van der Waals surface area contributed by atoms with E-state index in [9.17, 15) is 0 Å². The largest absolute Gasteiger partial charge is 0.327 e. The number of unbranched alkanes of at least 4 members (excludes halogenated alkanes) is 4. The summed E-state index contributed by atoms with van der Waals surface area (Å²) in [6.07, 6.45) is 8.05. The van der Waals surface area contributed by atoms with Crippen LogP contribution in [-0.2, 0) is 0 Å². The Morgan fingerprint density at radius 3 is 2.50 bits per heavy atom. The Kier molecular flexibility index (Phi) is 8.01. The van der Waals surface area contributed by atoms with Crippen molar-refractivity contribution in [1.29, 1.82) is 0 Å². The highest BCUT2D eigenvalue weighted by Crippen LogP contribution is 2.33. The van der Waals surface area contributed by atoms with Crippen molar-refractivity contribution in [1.82, 2.24) is 0 Å². The zero-order valence-electron chi connectivity index (χ0n) is 10.8. The van der Waals surface area contributed by atoms with Crippen LogP contribution in [0.5, 0.6) is 0 Å². The maximum absolute atomic E-state index is 6.32. The van der Waals surface area contributed by atoms with Gasteiger partial charge in [-0.2, -0.15) is 23.5 Å². The highest BCUT2D eigenvalue weighted by molar-refractivity contribution is 8.07. The molecule has 2 N–H and O–H groups in total. The summed E-state index contributed by atoms with van der Waals surface area (Å²) in [6.45, 7) is 4.61. The molecule has 1 fully saturated rings. The van der Waals surface area contributed by atoms with Crippen LogP contribution in [-0.4, -0.2) is 28.0 Å². The number of hydrogen-bond donors (Lipinski definition) is 1. The van der Waals surface area contributed by atoms with Gasteiger partial charge in [-0.1, -0.05) is 46.0 Å². The molecule has 0 aromatic rings. The van der Waals surface area contributed by atoms with Crippen molar-refractivity contribution in [2.45, 2.75) is 68.9 Å². The van der Waals surface area contributed by atoms with Gasteiger partial charge in [-0.25, -0.2) is 0 Å². The Morgan fingerprint density at radius 1 is 1.12 bits per heavy atom. The second-order valence-corrected chi connectivity index (χ2v) is 7.55. The molecular formula is C13H27NS2. The van der Waals surface area contributed by atoms with Crippen LogP contribution in [0.4, 0.5) is 0 Å². The molecule has 96 valence electrons. The first-order valence-electron chi connectivity index (χ1n) is 6.74. The summed E-state index contributed by atoms with van der Waals surface area (Å²) >= 11 is 4.20. The van der Waals surface area contributed by atoms with E-state index in [0.29, 0.717) is 11.3 Å². The number of thioether (sulfide) groups is 2. The van der Waals surface area contributed by atoms with Crippen molar-refractivity contribution in [3.8, 4) is 0 Å². The lowest BCUT2D eigenvalue weighted by Gasteiger charge is -2.32. The number of rotatable bonds is 7. The zero-order chi connectivity index (χ0) is 11.8. The van der Waals surface area contributed by atoms with Gasteiger partial charge in [0.15, 0.2) is 0 Å². The van der Waals surface area contributed by atoms with Gasteiger partial charge in [-0.15, -0.1) is 0 Å². The number of hydrogen-bond acceptors (Lipinski definition) is 3. The molecule has 1 saturated heterocycles. The topological polar surface area (TPSA) is 26.0 Å². The average Bonchev–Trinajstić information content (AvgIpc) is 2.29. The van der Waals surface area contributed by atoms with Gasteiger partial charge in [0, 0.05) is 28.0 Å². The molecule has 0 amide bonds. The second-order valence-electron chi connectivity index (χ2n) is 4.78. The summed E-state index contributed by atoms with van der Waals surface area (Å²) in [5, 5.41) is 1.45. The van der Waals surface area contributed by atoms with Gasteiger partial charge in [0.05, 0.1) is 0 Å². The van der Waals surface area contributed by atoms with E-state index in [4.69, 9.17) is 5.73 Å². The molecule has 0 bridgehead atoms. The van der Waals surface area contributed by atoms with Crippen molar-refractivity contribution in [3.05, 3.63) is 0 Å². The van der Waals surface area contributed by atoms with Gasteiger partial charge in [0.1, 0.15) is 0 Å². The number of nitrogens with two attached hydrogens (primary N) is 1. The van der Waals surface area contributed by atoms with E-state index in [-0.39, 0.29) is 0 Å². The van der Waals surface area contributed by atoms with E-state index in [0.717, 1.165) is 5.25 Å². The monoisotopic (exact) mass is 261 g/mol. The third-order valence-corrected chi connectivity index (χ3v) is 6.57. The van der Waals surface area contributed by atoms with Gasteiger partial charge in [0.2, 0.25) is 0 Å². The summed E-state index contributed by atoms with van der Waals surface area (Å²) < 4.78 is 0. The Balaban J connectivity index is 2.10. The fourth-order valence-corrected chi connectivity index (χ4v) is 5.20. The fraction of sp³-hybridized carbons (Fsp3) is 1.00. The second kappa shape index (κ2) is 8.71. The maximum atomic E-state index is 6.32. The summed E-state index contributed by atoms with van der Waals surface area (Å²) in [4.78, 5) is 0. The molecule has 1 aliphatic rings. The van der Waals surface area contributed by atoms with Crippen LogP contribution in [0.3, 0.4) is 0 Å². The average molecular weight is 262 g/mol. The van der Waals surface area contributed by atoms with Gasteiger partial charge in [-0.3, -0.25) is 0 Å². The molecule has 1 nitrogen and oxygen atoms in total. The third-order valence-electron chi connectivity index (χ3n) is 3.30. The van der Waals surface area contributed by atoms with Crippen molar-refractivity contribution in [3.63, 3.8) is 0 Å². The Bertz CT molecular complexity index is 175. The summed E-state index contributed by atoms with van der Waals surface area (Å²) in [5.74, 6) is 2.61. The van der Waals surface area contributed by atoms with Crippen LogP contribution in [0.1, 0.15) is 52.4 Å². The minimum atomic E-state index is 0.425. The minimum absolute atomic E-state index is 0.425. The highest BCUT2D eigenvalue weighted by atomic mass is 32.2. The van der Waals surface area contributed by atoms with Crippen LogP contribution in [0, 0.1) is 0 Å². The van der Waals surface area contributed by atoms with Gasteiger partial charge in [-0.05, 0) is 6.42 Å². The first kappa shape index (κ1) is 14.7. The minimum Gasteiger partial charge on any atom is -0.327 e. The van der Waals surface area contributed by atoms with Crippen molar-refractivity contribution in [2.24, 2.45) is 5.73 Å². The Labute approximate surface area is 110 Å². The molecule has 1 aliphatic heterocycles. The fourth-order valence-electron chi connectivity index (χ4n) is 2.27. The molecule has 0 aromatic carbocycles. The first-order valence-corrected chi connectivity index (χ1v) is 8.84. The van der Waals surface area contributed by atoms with E-state index in [1.807, 2.05) is 0 Å². The van der Waals surface area contributed by atoms with Gasteiger partial charge >= 0.3 is 0 Å². The standard InChI is InChI=1S/C13H27NS2/c1-3-4-5-6-7-8-12(14)13-11(2)15-9-10-16-13/h11-13H,3-10,14H2,1-2H3. The third kappa shape index (κ3) is 5.33. The van der Waals surface area contributed by atoms with Crippen LogP contribution in [0.25, 0.3) is 0 Å². The van der Waals surface area contributed by atoms with Crippen molar-refractivity contribution < 1.29 is 0 Å². The quantitative estimate of drug-likeness (QED) is 0.704. The zero-order valence-corrected chi connectivity index (χ0v) is 12.4. The SMILES string of the molecule is CCCCCCCC(N)C1SCCSC1C. The predicted octanol–water partition coefficient (Wildman–Crippen LogP) is 3.91. The smallest absolute Gasteiger partial charge is 0.0315 e. The van der Waals surface area contributed by atoms with E-state index in [2.05, 4.69) is 37.4 Å². The molecule has 0 aromatic heterocycles. The van der Waals surface area contributed by atoms with Gasteiger partial charge in [0.25, 0.3) is 0 Å². The van der Waals surface area contributed by atoms with Crippen LogP contribution >= 0.6 is 23.5 Å². The molecule has 0 radical (unpaired) electrons. The molecule has 0 saturated carbocycles. The summed E-state index contributed by atoms with van der Waals surface area (Å²) in [6, 6.07) is 0.425. The molecule has 1 heterocycles. The van der Waals surface area contributed by atoms with Gasteiger partial charge < -0.3 is 5.73 Å². The maximum Gasteiger partial charge on any atom is 0.0315 e. The lowest BCUT2D eigenvalue weighted by atomic mass is 10.0. The molecule has 3 atom stereocenters. The molecule has 3 unspecified atom stereocenters. The van der Waals surface area contributed by atoms with E-state index in [1.54, 1.807) is 0 Å². The molecule has 0 spiro atoms. The lowest BCUT2D eigenvalue weighted by molar-refractivity contribution is 0.523. The van der Waals surface area contributed by atoms with Crippen molar-refractivity contribution >= 4 is 23.5 Å². The molecular weight excluding hydrogens is 234 g/mol. The molecule has 0 aliphatic carbocycles. The molecule has 16 heavy (non-hydrogen) atoms. The predicted molar refractivity (Wildman–Crippen MR) is 79.5 cm³/mol. The Morgan fingerprint density at radius 2 is 1.81 bits per heavy atom. The first-order chi connectivity index (χ1) is 7.75. The summed E-state index contributed by atoms with van der Waals surface area (Å²) in [5.41, 5.74) is 6.32. The lowest BCUT2D eigenvalue weighted by Crippen LogP contribution is -2.40. The highest BCUT2D eigenvalue weighted by Gasteiger charge is 2.27. The van der Waals surface area contributed by atoms with Crippen LogP contribution in [0.2, 0.25) is 0 Å². The van der Waals surface area contributed by atoms with E-state index < -0.39 is 0 Å². The van der Waals surface area contributed by atoms with Crippen LogP contribution in [0.15, 0.2) is 0 Å². The Hall–Kier alpha value is 0.660. The van der Waals surface area contributed by atoms with Crippen molar-refractivity contribution in [2.75, 3.05) is 11.5 Å². The van der Waals surface area contributed by atoms with E-state index >= 15 is 0 Å².